The van der Waals surface area contributed by atoms with E-state index in [2.05, 4.69) is 25.9 Å². The van der Waals surface area contributed by atoms with Gasteiger partial charge >= 0.3 is 0 Å². The number of nitrogen functional groups attached to an aromatic ring is 1. The van der Waals surface area contributed by atoms with Crippen molar-refractivity contribution in [1.29, 1.82) is 0 Å². The first-order valence-electron chi connectivity index (χ1n) is 5.66. The van der Waals surface area contributed by atoms with Crippen LogP contribution in [0.3, 0.4) is 0 Å². The summed E-state index contributed by atoms with van der Waals surface area (Å²) in [6.45, 7) is 0.731. The first-order valence-corrected chi connectivity index (χ1v) is 6.45. The summed E-state index contributed by atoms with van der Waals surface area (Å²) in [6, 6.07) is 0. The summed E-state index contributed by atoms with van der Waals surface area (Å²) in [7, 11) is 0. The summed E-state index contributed by atoms with van der Waals surface area (Å²) >= 11 is 3.33. The molecular formula is C11H16BrN3O. The van der Waals surface area contributed by atoms with Gasteiger partial charge in [-0.05, 0) is 34.7 Å². The fourth-order valence-electron chi connectivity index (χ4n) is 2.02. The molecule has 88 valence electrons. The average Bonchev–Trinajstić information content (AvgIpc) is 2.32. The lowest BCUT2D eigenvalue weighted by Crippen LogP contribution is -2.16. The van der Waals surface area contributed by atoms with Gasteiger partial charge in [-0.25, -0.2) is 9.97 Å². The lowest BCUT2D eigenvalue weighted by Gasteiger charge is -2.21. The first-order chi connectivity index (χ1) is 7.77. The molecule has 1 aromatic rings. The number of hydrogen-bond donors (Lipinski definition) is 1. The Bertz CT molecular complexity index is 353. The first kappa shape index (κ1) is 11.6. The van der Waals surface area contributed by atoms with Gasteiger partial charge < -0.3 is 10.5 Å². The number of ether oxygens (including phenoxy) is 1. The zero-order valence-electron chi connectivity index (χ0n) is 9.16. The van der Waals surface area contributed by atoms with Crippen molar-refractivity contribution < 1.29 is 4.74 Å². The molecule has 1 aliphatic rings. The van der Waals surface area contributed by atoms with E-state index in [9.17, 15) is 0 Å². The fourth-order valence-corrected chi connectivity index (χ4v) is 2.34. The molecule has 0 spiro atoms. The van der Waals surface area contributed by atoms with Gasteiger partial charge in [-0.15, -0.1) is 0 Å². The second kappa shape index (κ2) is 5.48. The highest BCUT2D eigenvalue weighted by atomic mass is 79.9. The van der Waals surface area contributed by atoms with Crippen LogP contribution < -0.4 is 10.5 Å². The molecule has 0 unspecified atom stereocenters. The summed E-state index contributed by atoms with van der Waals surface area (Å²) in [5, 5.41) is 0. The summed E-state index contributed by atoms with van der Waals surface area (Å²) in [5.41, 5.74) is 5.65. The predicted octanol–water partition coefficient (Wildman–Crippen LogP) is 2.78. The Kier molecular flexibility index (Phi) is 3.98. The molecule has 1 saturated carbocycles. The highest BCUT2D eigenvalue weighted by molar-refractivity contribution is 9.10. The molecule has 1 fully saturated rings. The summed E-state index contributed by atoms with van der Waals surface area (Å²) in [6.07, 6.45) is 7.95. The van der Waals surface area contributed by atoms with Gasteiger partial charge in [0.1, 0.15) is 16.6 Å². The standard InChI is InChI=1S/C11H16BrN3O/c12-9-10(13)14-7-15-11(9)16-6-8-4-2-1-3-5-8/h7-8H,1-6H2,(H2,13,14,15). The Morgan fingerprint density at radius 2 is 2.06 bits per heavy atom. The minimum atomic E-state index is 0.425. The van der Waals surface area contributed by atoms with Gasteiger partial charge in [0.25, 0.3) is 0 Å². The number of rotatable bonds is 3. The Hall–Kier alpha value is -0.840. The third-order valence-electron chi connectivity index (χ3n) is 2.96. The minimum Gasteiger partial charge on any atom is -0.476 e. The fraction of sp³-hybridized carbons (Fsp3) is 0.636. The normalized spacial score (nSPS) is 17.3. The minimum absolute atomic E-state index is 0.425. The van der Waals surface area contributed by atoms with E-state index in [1.165, 1.54) is 38.4 Å². The lowest BCUT2D eigenvalue weighted by molar-refractivity contribution is 0.201. The topological polar surface area (TPSA) is 61.0 Å². The molecule has 16 heavy (non-hydrogen) atoms. The molecule has 0 amide bonds. The number of nitrogens with two attached hydrogens (primary N) is 1. The van der Waals surface area contributed by atoms with Crippen molar-refractivity contribution in [2.45, 2.75) is 32.1 Å². The van der Waals surface area contributed by atoms with E-state index in [4.69, 9.17) is 10.5 Å². The van der Waals surface area contributed by atoms with Crippen molar-refractivity contribution in [1.82, 2.24) is 9.97 Å². The van der Waals surface area contributed by atoms with Crippen molar-refractivity contribution in [2.24, 2.45) is 5.92 Å². The van der Waals surface area contributed by atoms with E-state index < -0.39 is 0 Å². The van der Waals surface area contributed by atoms with Gasteiger partial charge in [-0.1, -0.05) is 19.3 Å². The number of aromatic nitrogens is 2. The van der Waals surface area contributed by atoms with Gasteiger partial charge in [0.05, 0.1) is 6.61 Å². The van der Waals surface area contributed by atoms with E-state index >= 15 is 0 Å². The van der Waals surface area contributed by atoms with Crippen LogP contribution in [0.2, 0.25) is 0 Å². The molecule has 1 heterocycles. The van der Waals surface area contributed by atoms with Crippen LogP contribution in [0, 0.1) is 5.92 Å². The number of halogens is 1. The van der Waals surface area contributed by atoms with E-state index in [0.717, 1.165) is 6.61 Å². The largest absolute Gasteiger partial charge is 0.476 e. The molecule has 4 nitrogen and oxygen atoms in total. The molecular weight excluding hydrogens is 270 g/mol. The van der Waals surface area contributed by atoms with Crippen LogP contribution in [-0.4, -0.2) is 16.6 Å². The molecule has 0 aromatic carbocycles. The third-order valence-corrected chi connectivity index (χ3v) is 3.71. The Labute approximate surface area is 104 Å². The average molecular weight is 286 g/mol. The van der Waals surface area contributed by atoms with E-state index in [0.29, 0.717) is 22.1 Å². The van der Waals surface area contributed by atoms with E-state index in [1.54, 1.807) is 0 Å². The van der Waals surface area contributed by atoms with E-state index in [1.807, 2.05) is 0 Å². The van der Waals surface area contributed by atoms with Gasteiger partial charge in [0.15, 0.2) is 0 Å². The SMILES string of the molecule is Nc1ncnc(OCC2CCCCC2)c1Br. The molecule has 5 heteroatoms. The van der Waals surface area contributed by atoms with Crippen LogP contribution >= 0.6 is 15.9 Å². The third kappa shape index (κ3) is 2.84. The maximum atomic E-state index is 5.68. The van der Waals surface area contributed by atoms with Crippen molar-refractivity contribution in [3.05, 3.63) is 10.8 Å². The summed E-state index contributed by atoms with van der Waals surface area (Å²) in [4.78, 5) is 7.94. The molecule has 2 N–H and O–H groups in total. The number of anilines is 1. The molecule has 1 aliphatic carbocycles. The molecule has 0 radical (unpaired) electrons. The summed E-state index contributed by atoms with van der Waals surface area (Å²) in [5.74, 6) is 1.64. The lowest BCUT2D eigenvalue weighted by atomic mass is 9.90. The van der Waals surface area contributed by atoms with Gasteiger partial charge in [0, 0.05) is 0 Å². The van der Waals surface area contributed by atoms with Crippen LogP contribution in [0.4, 0.5) is 5.82 Å². The number of hydrogen-bond acceptors (Lipinski definition) is 4. The zero-order chi connectivity index (χ0) is 11.4. The van der Waals surface area contributed by atoms with Crippen LogP contribution in [0.5, 0.6) is 5.88 Å². The summed E-state index contributed by atoms with van der Waals surface area (Å²) < 4.78 is 6.34. The van der Waals surface area contributed by atoms with Crippen molar-refractivity contribution in [3.63, 3.8) is 0 Å². The van der Waals surface area contributed by atoms with E-state index in [-0.39, 0.29) is 0 Å². The molecule has 0 saturated heterocycles. The molecule has 0 bridgehead atoms. The maximum absolute atomic E-state index is 5.68. The predicted molar refractivity (Wildman–Crippen MR) is 66.2 cm³/mol. The van der Waals surface area contributed by atoms with Gasteiger partial charge in [-0.3, -0.25) is 0 Å². The maximum Gasteiger partial charge on any atom is 0.233 e. The van der Waals surface area contributed by atoms with Crippen molar-refractivity contribution >= 4 is 21.7 Å². The Balaban J connectivity index is 1.91. The Morgan fingerprint density at radius 1 is 1.31 bits per heavy atom. The quantitative estimate of drug-likeness (QED) is 0.928. The molecule has 1 aromatic heterocycles. The molecule has 2 rings (SSSR count). The van der Waals surface area contributed by atoms with Crippen LogP contribution in [0.25, 0.3) is 0 Å². The van der Waals surface area contributed by atoms with Crippen molar-refractivity contribution in [3.8, 4) is 5.88 Å². The molecule has 0 aliphatic heterocycles. The monoisotopic (exact) mass is 285 g/mol. The van der Waals surface area contributed by atoms with Crippen molar-refractivity contribution in [2.75, 3.05) is 12.3 Å². The second-order valence-corrected chi connectivity index (χ2v) is 4.99. The van der Waals surface area contributed by atoms with Crippen LogP contribution in [0.15, 0.2) is 10.8 Å². The number of nitrogens with zero attached hydrogens (tertiary/aromatic N) is 2. The molecule has 0 atom stereocenters. The highest BCUT2D eigenvalue weighted by Gasteiger charge is 2.15. The highest BCUT2D eigenvalue weighted by Crippen LogP contribution is 2.28. The van der Waals surface area contributed by atoms with Crippen LogP contribution in [0.1, 0.15) is 32.1 Å². The smallest absolute Gasteiger partial charge is 0.233 e. The zero-order valence-corrected chi connectivity index (χ0v) is 10.7. The van der Waals surface area contributed by atoms with Gasteiger partial charge in [-0.2, -0.15) is 0 Å². The van der Waals surface area contributed by atoms with Gasteiger partial charge in [0.2, 0.25) is 5.88 Å². The Morgan fingerprint density at radius 3 is 2.81 bits per heavy atom. The second-order valence-electron chi connectivity index (χ2n) is 4.19. The van der Waals surface area contributed by atoms with Crippen LogP contribution in [-0.2, 0) is 0 Å².